The molecule has 0 atom stereocenters. The average Bonchev–Trinajstić information content (AvgIpc) is 2.15. The molecular weight excluding hydrogens is 213 g/mol. The van der Waals surface area contributed by atoms with Gasteiger partial charge in [0, 0.05) is 17.1 Å². The minimum absolute atomic E-state index is 0.260. The standard InChI is InChI=1S/C11H8FNO3/c12-6-1-2-8-9(3-6)13-7(4-10(8)14)5-11(15)16/h1-4H,5H2,(H,13,14)(H,15,16). The predicted octanol–water partition coefficient (Wildman–Crippen LogP) is 1.29. The third-order valence-corrected chi connectivity index (χ3v) is 2.19. The highest BCUT2D eigenvalue weighted by molar-refractivity contribution is 5.79. The van der Waals surface area contributed by atoms with Crippen molar-refractivity contribution < 1.29 is 14.3 Å². The van der Waals surface area contributed by atoms with E-state index in [0.717, 1.165) is 0 Å². The fourth-order valence-electron chi connectivity index (χ4n) is 1.54. The van der Waals surface area contributed by atoms with Crippen LogP contribution in [0.15, 0.2) is 29.1 Å². The quantitative estimate of drug-likeness (QED) is 0.802. The molecule has 2 N–H and O–H groups in total. The van der Waals surface area contributed by atoms with Crippen LogP contribution in [-0.4, -0.2) is 16.1 Å². The molecule has 0 aliphatic heterocycles. The summed E-state index contributed by atoms with van der Waals surface area (Å²) in [6, 6.07) is 4.94. The summed E-state index contributed by atoms with van der Waals surface area (Å²) >= 11 is 0. The maximum absolute atomic E-state index is 12.9. The lowest BCUT2D eigenvalue weighted by Gasteiger charge is -2.01. The van der Waals surface area contributed by atoms with Crippen LogP contribution in [0.25, 0.3) is 10.9 Å². The Balaban J connectivity index is 2.65. The molecule has 2 aromatic rings. The maximum atomic E-state index is 12.9. The van der Waals surface area contributed by atoms with E-state index in [2.05, 4.69) is 4.98 Å². The van der Waals surface area contributed by atoms with E-state index in [0.29, 0.717) is 10.9 Å². The minimum Gasteiger partial charge on any atom is -0.481 e. The SMILES string of the molecule is O=C(O)Cc1cc(=O)c2ccc(F)cc2[nH]1. The molecule has 0 aliphatic rings. The smallest absolute Gasteiger partial charge is 0.309 e. The summed E-state index contributed by atoms with van der Waals surface area (Å²) in [5.74, 6) is -1.53. The van der Waals surface area contributed by atoms with Gasteiger partial charge in [-0.05, 0) is 18.2 Å². The first-order chi connectivity index (χ1) is 7.56. The number of rotatable bonds is 2. The van der Waals surface area contributed by atoms with Crippen molar-refractivity contribution in [1.82, 2.24) is 4.98 Å². The van der Waals surface area contributed by atoms with Crippen LogP contribution in [0.1, 0.15) is 5.69 Å². The molecule has 5 heteroatoms. The van der Waals surface area contributed by atoms with Crippen LogP contribution in [0.5, 0.6) is 0 Å². The summed E-state index contributed by atoms with van der Waals surface area (Å²) in [7, 11) is 0. The Kier molecular flexibility index (Phi) is 2.44. The molecule has 0 saturated carbocycles. The zero-order chi connectivity index (χ0) is 11.7. The number of fused-ring (bicyclic) bond motifs is 1. The highest BCUT2D eigenvalue weighted by Crippen LogP contribution is 2.10. The molecule has 0 spiro atoms. The van der Waals surface area contributed by atoms with E-state index < -0.39 is 11.8 Å². The zero-order valence-corrected chi connectivity index (χ0v) is 8.16. The van der Waals surface area contributed by atoms with Crippen molar-refractivity contribution in [1.29, 1.82) is 0 Å². The highest BCUT2D eigenvalue weighted by Gasteiger charge is 2.06. The van der Waals surface area contributed by atoms with E-state index in [-0.39, 0.29) is 17.5 Å². The molecule has 2 rings (SSSR count). The van der Waals surface area contributed by atoms with Crippen molar-refractivity contribution in [3.63, 3.8) is 0 Å². The van der Waals surface area contributed by atoms with Crippen LogP contribution in [0.3, 0.4) is 0 Å². The number of aromatic nitrogens is 1. The normalized spacial score (nSPS) is 10.6. The molecule has 0 radical (unpaired) electrons. The Hall–Kier alpha value is -2.17. The lowest BCUT2D eigenvalue weighted by atomic mass is 10.1. The second-order valence-electron chi connectivity index (χ2n) is 3.42. The molecule has 16 heavy (non-hydrogen) atoms. The van der Waals surface area contributed by atoms with Crippen molar-refractivity contribution >= 4 is 16.9 Å². The molecule has 1 aromatic carbocycles. The average molecular weight is 221 g/mol. The number of carboxylic acids is 1. The molecule has 0 aliphatic carbocycles. The molecule has 0 bridgehead atoms. The van der Waals surface area contributed by atoms with E-state index in [9.17, 15) is 14.0 Å². The van der Waals surface area contributed by atoms with E-state index in [1.165, 1.54) is 24.3 Å². The number of pyridine rings is 1. The highest BCUT2D eigenvalue weighted by atomic mass is 19.1. The van der Waals surface area contributed by atoms with Crippen molar-refractivity contribution in [3.8, 4) is 0 Å². The van der Waals surface area contributed by atoms with E-state index in [4.69, 9.17) is 5.11 Å². The molecule has 4 nitrogen and oxygen atoms in total. The lowest BCUT2D eigenvalue weighted by Crippen LogP contribution is -2.09. The number of carbonyl (C=O) groups is 1. The second-order valence-corrected chi connectivity index (χ2v) is 3.42. The second kappa shape index (κ2) is 3.77. The zero-order valence-electron chi connectivity index (χ0n) is 8.16. The summed E-state index contributed by atoms with van der Waals surface area (Å²) in [6.45, 7) is 0. The number of carboxylic acid groups (broad SMARTS) is 1. The summed E-state index contributed by atoms with van der Waals surface area (Å²) in [5, 5.41) is 8.93. The van der Waals surface area contributed by atoms with Crippen LogP contribution < -0.4 is 5.43 Å². The van der Waals surface area contributed by atoms with Crippen molar-refractivity contribution in [2.24, 2.45) is 0 Å². The van der Waals surface area contributed by atoms with Gasteiger partial charge in [-0.25, -0.2) is 4.39 Å². The summed E-state index contributed by atoms with van der Waals surface area (Å²) < 4.78 is 12.9. The monoisotopic (exact) mass is 221 g/mol. The van der Waals surface area contributed by atoms with Gasteiger partial charge in [0.05, 0.1) is 11.9 Å². The first-order valence-electron chi connectivity index (χ1n) is 4.59. The van der Waals surface area contributed by atoms with Gasteiger partial charge in [0.25, 0.3) is 0 Å². The molecule has 1 aromatic heterocycles. The number of benzene rings is 1. The summed E-state index contributed by atoms with van der Waals surface area (Å²) in [4.78, 5) is 24.8. The fraction of sp³-hybridized carbons (Fsp3) is 0.0909. The van der Waals surface area contributed by atoms with Crippen LogP contribution in [0.4, 0.5) is 4.39 Å². The predicted molar refractivity (Wildman–Crippen MR) is 55.9 cm³/mol. The van der Waals surface area contributed by atoms with Crippen LogP contribution in [0.2, 0.25) is 0 Å². The van der Waals surface area contributed by atoms with Gasteiger partial charge in [0.15, 0.2) is 5.43 Å². The third-order valence-electron chi connectivity index (χ3n) is 2.19. The first kappa shape index (κ1) is 10.4. The molecular formula is C11H8FNO3. The van der Waals surface area contributed by atoms with E-state index in [1.54, 1.807) is 0 Å². The Labute approximate surface area is 89.3 Å². The van der Waals surface area contributed by atoms with Crippen LogP contribution in [0, 0.1) is 5.82 Å². The molecule has 1 heterocycles. The molecule has 0 amide bonds. The maximum Gasteiger partial charge on any atom is 0.309 e. The largest absolute Gasteiger partial charge is 0.481 e. The topological polar surface area (TPSA) is 70.2 Å². The van der Waals surface area contributed by atoms with Crippen molar-refractivity contribution in [2.45, 2.75) is 6.42 Å². The van der Waals surface area contributed by atoms with Gasteiger partial charge >= 0.3 is 5.97 Å². The lowest BCUT2D eigenvalue weighted by molar-refractivity contribution is -0.136. The summed E-state index contributed by atoms with van der Waals surface area (Å²) in [6.07, 6.45) is -0.290. The number of hydrogen-bond acceptors (Lipinski definition) is 2. The van der Waals surface area contributed by atoms with Gasteiger partial charge in [-0.3, -0.25) is 9.59 Å². The first-order valence-corrected chi connectivity index (χ1v) is 4.59. The number of H-pyrrole nitrogens is 1. The Morgan fingerprint density at radius 3 is 2.81 bits per heavy atom. The van der Waals surface area contributed by atoms with E-state index >= 15 is 0 Å². The number of halogens is 1. The van der Waals surface area contributed by atoms with Gasteiger partial charge < -0.3 is 10.1 Å². The Bertz CT molecular complexity index is 618. The van der Waals surface area contributed by atoms with Gasteiger partial charge in [-0.1, -0.05) is 0 Å². The minimum atomic E-state index is -1.05. The number of aromatic amines is 1. The van der Waals surface area contributed by atoms with Gasteiger partial charge in [-0.2, -0.15) is 0 Å². The number of aliphatic carboxylic acids is 1. The van der Waals surface area contributed by atoms with Gasteiger partial charge in [-0.15, -0.1) is 0 Å². The third kappa shape index (κ3) is 1.93. The Morgan fingerprint density at radius 2 is 2.12 bits per heavy atom. The van der Waals surface area contributed by atoms with Crippen molar-refractivity contribution in [3.05, 3.63) is 46.0 Å². The molecule has 0 fully saturated rings. The fourth-order valence-corrected chi connectivity index (χ4v) is 1.54. The van der Waals surface area contributed by atoms with Gasteiger partial charge in [0.1, 0.15) is 5.82 Å². The van der Waals surface area contributed by atoms with Crippen LogP contribution in [-0.2, 0) is 11.2 Å². The number of hydrogen-bond donors (Lipinski definition) is 2. The molecule has 0 unspecified atom stereocenters. The Morgan fingerprint density at radius 1 is 1.38 bits per heavy atom. The van der Waals surface area contributed by atoms with Crippen molar-refractivity contribution in [2.75, 3.05) is 0 Å². The molecule has 82 valence electrons. The van der Waals surface area contributed by atoms with Crippen LogP contribution >= 0.6 is 0 Å². The van der Waals surface area contributed by atoms with Gasteiger partial charge in [0.2, 0.25) is 0 Å². The number of nitrogens with one attached hydrogen (secondary N) is 1. The summed E-state index contributed by atoms with van der Waals surface area (Å²) in [5.41, 5.74) is 0.254. The molecule has 0 saturated heterocycles. The van der Waals surface area contributed by atoms with E-state index in [1.807, 2.05) is 0 Å².